The Balaban J connectivity index is 2.31. The summed E-state index contributed by atoms with van der Waals surface area (Å²) in [6.07, 6.45) is 0. The molecule has 2 aromatic carbocycles. The third-order valence-corrected chi connectivity index (χ3v) is 4.50. The molecule has 3 aromatic rings. The van der Waals surface area contributed by atoms with Crippen molar-refractivity contribution in [3.63, 3.8) is 0 Å². The van der Waals surface area contributed by atoms with Crippen LogP contribution in [0.15, 0.2) is 47.3 Å². The fraction of sp³-hybridized carbons (Fsp3) is 0.238. The summed E-state index contributed by atoms with van der Waals surface area (Å²) in [6.45, 7) is 1.01. The molecular weight excluding hydrogens is 361 g/mol. The molecule has 0 aliphatic carbocycles. The second kappa shape index (κ2) is 8.65. The van der Waals surface area contributed by atoms with Gasteiger partial charge in [-0.25, -0.2) is 4.39 Å². The molecule has 0 unspecified atom stereocenters. The van der Waals surface area contributed by atoms with Gasteiger partial charge in [-0.15, -0.1) is 0 Å². The number of hydrogen-bond donors (Lipinski definition) is 2. The number of aliphatic hydroxyl groups excluding tert-OH is 1. The molecule has 1 heterocycles. The molecule has 0 aliphatic rings. The number of aliphatic hydroxyl groups is 1. The SMILES string of the molecule is COc1ccc2c(=O)n(CCNCCO)c(C#N)c(-c3cccc(F)c3)c2c1. The number of benzene rings is 2. The fourth-order valence-electron chi connectivity index (χ4n) is 3.21. The molecule has 28 heavy (non-hydrogen) atoms. The molecule has 7 heteroatoms. The maximum Gasteiger partial charge on any atom is 0.259 e. The third kappa shape index (κ3) is 3.74. The average molecular weight is 381 g/mol. The van der Waals surface area contributed by atoms with Crippen molar-refractivity contribution in [1.82, 2.24) is 9.88 Å². The van der Waals surface area contributed by atoms with E-state index < -0.39 is 5.82 Å². The molecule has 0 radical (unpaired) electrons. The van der Waals surface area contributed by atoms with E-state index in [1.54, 1.807) is 30.3 Å². The second-order valence-corrected chi connectivity index (χ2v) is 6.19. The minimum absolute atomic E-state index is 0.0218. The van der Waals surface area contributed by atoms with Gasteiger partial charge in [0.25, 0.3) is 5.56 Å². The van der Waals surface area contributed by atoms with E-state index >= 15 is 0 Å². The summed E-state index contributed by atoms with van der Waals surface area (Å²) in [6, 6.07) is 13.1. The normalized spacial score (nSPS) is 10.8. The smallest absolute Gasteiger partial charge is 0.259 e. The van der Waals surface area contributed by atoms with E-state index in [1.807, 2.05) is 0 Å². The van der Waals surface area contributed by atoms with Crippen molar-refractivity contribution in [3.8, 4) is 22.9 Å². The minimum atomic E-state index is -0.431. The lowest BCUT2D eigenvalue weighted by atomic mass is 9.96. The van der Waals surface area contributed by atoms with Crippen LogP contribution in [0.1, 0.15) is 5.69 Å². The highest BCUT2D eigenvalue weighted by molar-refractivity contribution is 5.99. The second-order valence-electron chi connectivity index (χ2n) is 6.19. The van der Waals surface area contributed by atoms with E-state index in [4.69, 9.17) is 9.84 Å². The fourth-order valence-corrected chi connectivity index (χ4v) is 3.21. The Morgan fingerprint density at radius 2 is 2.04 bits per heavy atom. The molecule has 0 amide bonds. The summed E-state index contributed by atoms with van der Waals surface area (Å²) in [5, 5.41) is 22.7. The van der Waals surface area contributed by atoms with Crippen LogP contribution in [0.25, 0.3) is 21.9 Å². The molecule has 0 bridgehead atoms. The summed E-state index contributed by atoms with van der Waals surface area (Å²) in [5.74, 6) is 0.107. The number of pyridine rings is 1. The first-order valence-corrected chi connectivity index (χ1v) is 8.83. The first-order valence-electron chi connectivity index (χ1n) is 8.83. The predicted molar refractivity (Wildman–Crippen MR) is 105 cm³/mol. The van der Waals surface area contributed by atoms with Crippen LogP contribution >= 0.6 is 0 Å². The molecule has 0 atom stereocenters. The van der Waals surface area contributed by atoms with Gasteiger partial charge in [0, 0.05) is 36.0 Å². The van der Waals surface area contributed by atoms with E-state index in [9.17, 15) is 14.4 Å². The van der Waals surface area contributed by atoms with Crippen LogP contribution in [0.4, 0.5) is 4.39 Å². The Kier molecular flexibility index (Phi) is 6.04. The van der Waals surface area contributed by atoms with Crippen LogP contribution in [-0.2, 0) is 6.54 Å². The molecule has 0 saturated heterocycles. The molecule has 0 fully saturated rings. The molecule has 2 N–H and O–H groups in total. The number of nitrogens with zero attached hydrogens (tertiary/aromatic N) is 2. The van der Waals surface area contributed by atoms with Gasteiger partial charge in [0.15, 0.2) is 0 Å². The van der Waals surface area contributed by atoms with Crippen molar-refractivity contribution < 1.29 is 14.2 Å². The quantitative estimate of drug-likeness (QED) is 0.613. The number of rotatable bonds is 7. The minimum Gasteiger partial charge on any atom is -0.497 e. The molecule has 0 spiro atoms. The van der Waals surface area contributed by atoms with Gasteiger partial charge in [-0.1, -0.05) is 12.1 Å². The Morgan fingerprint density at radius 3 is 2.71 bits per heavy atom. The number of methoxy groups -OCH3 is 1. The van der Waals surface area contributed by atoms with Crippen molar-refractivity contribution >= 4 is 10.8 Å². The molecular formula is C21H20FN3O3. The lowest BCUT2D eigenvalue weighted by molar-refractivity contribution is 0.291. The average Bonchev–Trinajstić information content (AvgIpc) is 2.71. The Labute approximate surface area is 161 Å². The summed E-state index contributed by atoms with van der Waals surface area (Å²) >= 11 is 0. The number of ether oxygens (including phenoxy) is 1. The maximum atomic E-state index is 13.9. The van der Waals surface area contributed by atoms with Gasteiger partial charge in [0.2, 0.25) is 0 Å². The van der Waals surface area contributed by atoms with Gasteiger partial charge in [-0.05, 0) is 35.9 Å². The van der Waals surface area contributed by atoms with Crippen molar-refractivity contribution in [2.75, 3.05) is 26.8 Å². The van der Waals surface area contributed by atoms with Crippen LogP contribution in [0.2, 0.25) is 0 Å². The molecule has 3 rings (SSSR count). The van der Waals surface area contributed by atoms with Crippen LogP contribution in [0.3, 0.4) is 0 Å². The van der Waals surface area contributed by atoms with Gasteiger partial charge in [0.05, 0.1) is 13.7 Å². The molecule has 0 saturated carbocycles. The first-order chi connectivity index (χ1) is 13.6. The Morgan fingerprint density at radius 1 is 1.21 bits per heavy atom. The lowest BCUT2D eigenvalue weighted by Gasteiger charge is -2.17. The summed E-state index contributed by atoms with van der Waals surface area (Å²) < 4.78 is 20.6. The number of nitriles is 1. The van der Waals surface area contributed by atoms with Crippen molar-refractivity contribution in [3.05, 3.63) is 64.3 Å². The number of aromatic nitrogens is 1. The van der Waals surface area contributed by atoms with E-state index in [0.29, 0.717) is 40.7 Å². The van der Waals surface area contributed by atoms with Gasteiger partial charge in [0.1, 0.15) is 23.3 Å². The predicted octanol–water partition coefficient (Wildman–Crippen LogP) is 2.27. The highest BCUT2D eigenvalue weighted by Gasteiger charge is 2.19. The van der Waals surface area contributed by atoms with Crippen LogP contribution in [0, 0.1) is 17.1 Å². The number of nitrogens with one attached hydrogen (secondary N) is 1. The van der Waals surface area contributed by atoms with E-state index in [2.05, 4.69) is 11.4 Å². The zero-order valence-corrected chi connectivity index (χ0v) is 15.4. The van der Waals surface area contributed by atoms with Crippen LogP contribution in [-0.4, -0.2) is 36.5 Å². The van der Waals surface area contributed by atoms with Gasteiger partial charge >= 0.3 is 0 Å². The van der Waals surface area contributed by atoms with E-state index in [-0.39, 0.29) is 24.4 Å². The third-order valence-electron chi connectivity index (χ3n) is 4.50. The van der Waals surface area contributed by atoms with E-state index in [1.165, 1.54) is 23.8 Å². The Bertz CT molecular complexity index is 1100. The highest BCUT2D eigenvalue weighted by atomic mass is 19.1. The van der Waals surface area contributed by atoms with E-state index in [0.717, 1.165) is 0 Å². The highest BCUT2D eigenvalue weighted by Crippen LogP contribution is 2.33. The molecule has 1 aromatic heterocycles. The first kappa shape index (κ1) is 19.5. The van der Waals surface area contributed by atoms with Crippen LogP contribution < -0.4 is 15.6 Å². The summed E-state index contributed by atoms with van der Waals surface area (Å²) in [5.41, 5.74) is 0.840. The standard InChI is InChI=1S/C21H20FN3O3/c1-28-16-5-6-17-18(12-16)20(14-3-2-4-15(22)11-14)19(13-23)25(21(17)27)9-7-24-8-10-26/h2-6,11-12,24,26H,7-10H2,1H3. The van der Waals surface area contributed by atoms with Gasteiger partial charge < -0.3 is 15.2 Å². The zero-order valence-electron chi connectivity index (χ0n) is 15.4. The largest absolute Gasteiger partial charge is 0.497 e. The number of hydrogen-bond acceptors (Lipinski definition) is 5. The molecule has 144 valence electrons. The number of halogens is 1. The van der Waals surface area contributed by atoms with Crippen molar-refractivity contribution in [1.29, 1.82) is 5.26 Å². The van der Waals surface area contributed by atoms with Crippen molar-refractivity contribution in [2.24, 2.45) is 0 Å². The summed E-state index contributed by atoms with van der Waals surface area (Å²) in [4.78, 5) is 13.0. The molecule has 6 nitrogen and oxygen atoms in total. The monoisotopic (exact) mass is 381 g/mol. The van der Waals surface area contributed by atoms with Gasteiger partial charge in [-0.2, -0.15) is 5.26 Å². The zero-order chi connectivity index (χ0) is 20.1. The van der Waals surface area contributed by atoms with Crippen molar-refractivity contribution in [2.45, 2.75) is 6.54 Å². The molecule has 0 aliphatic heterocycles. The Hall–Kier alpha value is -3.21. The topological polar surface area (TPSA) is 87.3 Å². The van der Waals surface area contributed by atoms with Crippen LogP contribution in [0.5, 0.6) is 5.75 Å². The lowest BCUT2D eigenvalue weighted by Crippen LogP contribution is -2.30. The van der Waals surface area contributed by atoms with Gasteiger partial charge in [-0.3, -0.25) is 9.36 Å². The number of fused-ring (bicyclic) bond motifs is 1. The maximum absolute atomic E-state index is 13.9. The summed E-state index contributed by atoms with van der Waals surface area (Å²) in [7, 11) is 1.52.